The number of carboxylic acids is 1. The highest BCUT2D eigenvalue weighted by atomic mass is 16.5. The van der Waals surface area contributed by atoms with Crippen LogP contribution in [0.15, 0.2) is 54.6 Å². The summed E-state index contributed by atoms with van der Waals surface area (Å²) in [6.07, 6.45) is 0.0449. The molecule has 1 heterocycles. The fraction of sp³-hybridized carbons (Fsp3) is 0.222. The quantitative estimate of drug-likeness (QED) is 0.922. The zero-order valence-corrected chi connectivity index (χ0v) is 12.5. The number of carboxylic acid groups (broad SMARTS) is 1. The zero-order valence-electron chi connectivity index (χ0n) is 12.5. The standard InChI is InChI=1S/C18H17NO4/c20-17-10-14(18(21)22)11-19(17)16-9-5-4-6-13(16)12-23-15-7-2-1-3-8-15/h1-9,14H,10-12H2,(H,21,22). The van der Waals surface area contributed by atoms with Gasteiger partial charge in [-0.1, -0.05) is 36.4 Å². The largest absolute Gasteiger partial charge is 0.489 e. The third-order valence-corrected chi connectivity index (χ3v) is 3.89. The van der Waals surface area contributed by atoms with Gasteiger partial charge in [0.05, 0.1) is 11.6 Å². The Labute approximate surface area is 134 Å². The summed E-state index contributed by atoms with van der Waals surface area (Å²) in [6, 6.07) is 16.9. The smallest absolute Gasteiger partial charge is 0.308 e. The molecule has 0 aromatic heterocycles. The van der Waals surface area contributed by atoms with Crippen molar-refractivity contribution in [1.29, 1.82) is 0 Å². The Kier molecular flexibility index (Phi) is 4.28. The second-order valence-electron chi connectivity index (χ2n) is 5.47. The number of ether oxygens (including phenoxy) is 1. The Morgan fingerprint density at radius 3 is 2.52 bits per heavy atom. The third kappa shape index (κ3) is 3.34. The Balaban J connectivity index is 1.78. The minimum absolute atomic E-state index is 0.0449. The molecule has 1 unspecified atom stereocenters. The SMILES string of the molecule is O=C(O)C1CC(=O)N(c2ccccc2COc2ccccc2)C1. The number of nitrogens with zero attached hydrogens (tertiary/aromatic N) is 1. The summed E-state index contributed by atoms with van der Waals surface area (Å²) >= 11 is 0. The van der Waals surface area contributed by atoms with Crippen molar-refractivity contribution in [2.45, 2.75) is 13.0 Å². The molecular formula is C18H17NO4. The lowest BCUT2D eigenvalue weighted by Gasteiger charge is -2.20. The predicted molar refractivity (Wildman–Crippen MR) is 85.3 cm³/mol. The highest BCUT2D eigenvalue weighted by Gasteiger charge is 2.35. The van der Waals surface area contributed by atoms with Crippen molar-refractivity contribution >= 4 is 17.6 Å². The number of aliphatic carboxylic acids is 1. The van der Waals surface area contributed by atoms with Crippen LogP contribution in [0, 0.1) is 5.92 Å². The molecule has 1 aliphatic rings. The number of anilines is 1. The van der Waals surface area contributed by atoms with Crippen LogP contribution in [0.5, 0.6) is 5.75 Å². The molecule has 1 saturated heterocycles. The van der Waals surface area contributed by atoms with Crippen LogP contribution in [0.1, 0.15) is 12.0 Å². The van der Waals surface area contributed by atoms with E-state index in [0.29, 0.717) is 6.61 Å². The molecule has 5 nitrogen and oxygen atoms in total. The normalized spacial score (nSPS) is 17.3. The maximum Gasteiger partial charge on any atom is 0.308 e. The van der Waals surface area contributed by atoms with Crippen LogP contribution in [-0.2, 0) is 16.2 Å². The van der Waals surface area contributed by atoms with Crippen LogP contribution in [0.3, 0.4) is 0 Å². The monoisotopic (exact) mass is 311 g/mol. The molecule has 0 radical (unpaired) electrons. The molecule has 1 fully saturated rings. The predicted octanol–water partition coefficient (Wildman–Crippen LogP) is 2.70. The lowest BCUT2D eigenvalue weighted by atomic mass is 10.1. The number of hydrogen-bond donors (Lipinski definition) is 1. The number of carbonyl (C=O) groups is 2. The van der Waals surface area contributed by atoms with Gasteiger partial charge in [-0.2, -0.15) is 0 Å². The molecule has 1 N–H and O–H groups in total. The van der Waals surface area contributed by atoms with Gasteiger partial charge < -0.3 is 14.7 Å². The molecule has 2 aromatic carbocycles. The average Bonchev–Trinajstić information content (AvgIpc) is 2.96. The van der Waals surface area contributed by atoms with Crippen molar-refractivity contribution in [2.75, 3.05) is 11.4 Å². The molecular weight excluding hydrogens is 294 g/mol. The second kappa shape index (κ2) is 6.52. The van der Waals surface area contributed by atoms with Crippen molar-refractivity contribution in [3.05, 3.63) is 60.2 Å². The van der Waals surface area contributed by atoms with Gasteiger partial charge in [-0.15, -0.1) is 0 Å². The van der Waals surface area contributed by atoms with Crippen LogP contribution in [0.25, 0.3) is 0 Å². The van der Waals surface area contributed by atoms with Gasteiger partial charge in [-0.3, -0.25) is 9.59 Å². The van der Waals surface area contributed by atoms with E-state index in [-0.39, 0.29) is 18.9 Å². The highest BCUT2D eigenvalue weighted by molar-refractivity contribution is 5.99. The van der Waals surface area contributed by atoms with Crippen molar-refractivity contribution in [2.24, 2.45) is 5.92 Å². The molecule has 23 heavy (non-hydrogen) atoms. The first kappa shape index (κ1) is 15.1. The van der Waals surface area contributed by atoms with E-state index in [1.165, 1.54) is 0 Å². The molecule has 118 valence electrons. The Morgan fingerprint density at radius 1 is 1.13 bits per heavy atom. The first-order valence-electron chi connectivity index (χ1n) is 7.44. The molecule has 0 aliphatic carbocycles. The molecule has 1 amide bonds. The Bertz CT molecular complexity index is 714. The fourth-order valence-electron chi connectivity index (χ4n) is 2.68. The summed E-state index contributed by atoms with van der Waals surface area (Å²) in [5.41, 5.74) is 1.58. The molecule has 0 saturated carbocycles. The van der Waals surface area contributed by atoms with E-state index in [0.717, 1.165) is 17.0 Å². The molecule has 2 aromatic rings. The molecule has 1 atom stereocenters. The van der Waals surface area contributed by atoms with Gasteiger partial charge in [-0.25, -0.2) is 0 Å². The van der Waals surface area contributed by atoms with Crippen LogP contribution in [0.2, 0.25) is 0 Å². The maximum atomic E-state index is 12.1. The minimum Gasteiger partial charge on any atom is -0.489 e. The van der Waals surface area contributed by atoms with E-state index >= 15 is 0 Å². The van der Waals surface area contributed by atoms with E-state index < -0.39 is 11.9 Å². The van der Waals surface area contributed by atoms with Gasteiger partial charge in [0.2, 0.25) is 5.91 Å². The minimum atomic E-state index is -0.932. The summed E-state index contributed by atoms with van der Waals surface area (Å²) < 4.78 is 5.75. The summed E-state index contributed by atoms with van der Waals surface area (Å²) in [4.78, 5) is 24.8. The van der Waals surface area contributed by atoms with Gasteiger partial charge >= 0.3 is 5.97 Å². The second-order valence-corrected chi connectivity index (χ2v) is 5.47. The maximum absolute atomic E-state index is 12.1. The number of para-hydroxylation sites is 2. The van der Waals surface area contributed by atoms with Crippen molar-refractivity contribution in [3.8, 4) is 5.75 Å². The van der Waals surface area contributed by atoms with Crippen LogP contribution < -0.4 is 9.64 Å². The average molecular weight is 311 g/mol. The van der Waals surface area contributed by atoms with Gasteiger partial charge in [0.15, 0.2) is 0 Å². The first-order valence-corrected chi connectivity index (χ1v) is 7.44. The van der Waals surface area contributed by atoms with Crippen LogP contribution >= 0.6 is 0 Å². The van der Waals surface area contributed by atoms with Gasteiger partial charge in [0.25, 0.3) is 0 Å². The fourth-order valence-corrected chi connectivity index (χ4v) is 2.68. The van der Waals surface area contributed by atoms with E-state index in [1.807, 2.05) is 54.6 Å². The molecule has 5 heteroatoms. The first-order chi connectivity index (χ1) is 11.1. The lowest BCUT2D eigenvalue weighted by molar-refractivity contribution is -0.141. The van der Waals surface area contributed by atoms with E-state index in [9.17, 15) is 9.59 Å². The van der Waals surface area contributed by atoms with Crippen molar-refractivity contribution in [3.63, 3.8) is 0 Å². The summed E-state index contributed by atoms with van der Waals surface area (Å²) in [5.74, 6) is -0.993. The number of rotatable bonds is 5. The lowest BCUT2D eigenvalue weighted by Crippen LogP contribution is -2.27. The van der Waals surface area contributed by atoms with Crippen molar-refractivity contribution < 1.29 is 19.4 Å². The van der Waals surface area contributed by atoms with Gasteiger partial charge in [-0.05, 0) is 18.2 Å². The summed E-state index contributed by atoms with van der Waals surface area (Å²) in [6.45, 7) is 0.526. The molecule has 3 rings (SSSR count). The number of amides is 1. The third-order valence-electron chi connectivity index (χ3n) is 3.89. The molecule has 0 bridgehead atoms. The summed E-state index contributed by atoms with van der Waals surface area (Å²) in [5, 5.41) is 9.11. The topological polar surface area (TPSA) is 66.8 Å². The summed E-state index contributed by atoms with van der Waals surface area (Å²) in [7, 11) is 0. The zero-order chi connectivity index (χ0) is 16.2. The number of carbonyl (C=O) groups excluding carboxylic acids is 1. The molecule has 1 aliphatic heterocycles. The van der Waals surface area contributed by atoms with E-state index in [1.54, 1.807) is 4.90 Å². The van der Waals surface area contributed by atoms with Gasteiger partial charge in [0, 0.05) is 18.5 Å². The van der Waals surface area contributed by atoms with Crippen LogP contribution in [0.4, 0.5) is 5.69 Å². The Morgan fingerprint density at radius 2 is 1.83 bits per heavy atom. The van der Waals surface area contributed by atoms with Crippen LogP contribution in [-0.4, -0.2) is 23.5 Å². The highest BCUT2D eigenvalue weighted by Crippen LogP contribution is 2.29. The van der Waals surface area contributed by atoms with E-state index in [2.05, 4.69) is 0 Å². The van der Waals surface area contributed by atoms with E-state index in [4.69, 9.17) is 9.84 Å². The number of hydrogen-bond acceptors (Lipinski definition) is 3. The Hall–Kier alpha value is -2.82. The number of benzene rings is 2. The van der Waals surface area contributed by atoms with Crippen molar-refractivity contribution in [1.82, 2.24) is 0 Å². The molecule has 0 spiro atoms. The van der Waals surface area contributed by atoms with Gasteiger partial charge in [0.1, 0.15) is 12.4 Å².